The Labute approximate surface area is 108 Å². The molecule has 17 heavy (non-hydrogen) atoms. The van der Waals surface area contributed by atoms with Crippen molar-refractivity contribution in [3.63, 3.8) is 0 Å². The largest absolute Gasteiger partial charge is 0.599 e. The summed E-state index contributed by atoms with van der Waals surface area (Å²) >= 11 is 0. The van der Waals surface area contributed by atoms with Crippen LogP contribution in [0.4, 0.5) is 8.22 Å². The molecule has 0 rings (SSSR count). The summed E-state index contributed by atoms with van der Waals surface area (Å²) < 4.78 is 35.3. The highest BCUT2D eigenvalue weighted by atomic mass is 28.4. The van der Waals surface area contributed by atoms with Crippen LogP contribution in [0.1, 0.15) is 20.8 Å². The molecule has 0 saturated heterocycles. The number of hydrogen-bond donors (Lipinski definition) is 0. The molecular formula is C10H27F2NOSi3. The van der Waals surface area contributed by atoms with Crippen LogP contribution in [0.15, 0.2) is 0 Å². The molecule has 0 bridgehead atoms. The molecule has 0 unspecified atom stereocenters. The maximum atomic E-state index is 14.2. The fraction of sp³-hybridized carbons (Fsp3) is 1.00. The fourth-order valence-corrected chi connectivity index (χ4v) is 13.0. The first-order valence-electron chi connectivity index (χ1n) is 5.96. The van der Waals surface area contributed by atoms with E-state index in [1.54, 1.807) is 25.2 Å². The standard InChI is InChI=1S/C10H27F2NOSi3/c1-10(2,3)17(11,12)14-13(15(4,5)6)16(7,8)9/h1-9H3. The Kier molecular flexibility index (Phi) is 4.96. The third kappa shape index (κ3) is 4.90. The van der Waals surface area contributed by atoms with Gasteiger partial charge in [0, 0.05) is 5.04 Å². The topological polar surface area (TPSA) is 12.5 Å². The van der Waals surface area contributed by atoms with E-state index >= 15 is 0 Å². The van der Waals surface area contributed by atoms with Crippen LogP contribution in [0.3, 0.4) is 0 Å². The molecule has 0 N–H and O–H groups in total. The highest BCUT2D eigenvalue weighted by molar-refractivity contribution is 6.89. The van der Waals surface area contributed by atoms with Crippen molar-refractivity contribution in [2.75, 3.05) is 0 Å². The van der Waals surface area contributed by atoms with Crippen LogP contribution in [-0.2, 0) is 4.53 Å². The van der Waals surface area contributed by atoms with Crippen LogP contribution < -0.4 is 0 Å². The first-order valence-corrected chi connectivity index (χ1v) is 14.5. The van der Waals surface area contributed by atoms with Crippen molar-refractivity contribution in [3.05, 3.63) is 0 Å². The Balaban J connectivity index is 5.17. The molecule has 0 saturated carbocycles. The van der Waals surface area contributed by atoms with E-state index in [0.29, 0.717) is 0 Å². The molecule has 0 aromatic carbocycles. The van der Waals surface area contributed by atoms with Crippen molar-refractivity contribution in [1.29, 1.82) is 0 Å². The molecule has 0 atom stereocenters. The Morgan fingerprint density at radius 2 is 1.12 bits per heavy atom. The summed E-state index contributed by atoms with van der Waals surface area (Å²) in [6, 6.07) is 0. The zero-order chi connectivity index (χ0) is 14.3. The van der Waals surface area contributed by atoms with E-state index in [1.807, 2.05) is 0 Å². The first kappa shape index (κ1) is 17.4. The third-order valence-electron chi connectivity index (χ3n) is 2.30. The summed E-state index contributed by atoms with van der Waals surface area (Å²) in [7, 11) is -8.46. The van der Waals surface area contributed by atoms with Gasteiger partial charge in [-0.3, -0.25) is 4.53 Å². The van der Waals surface area contributed by atoms with Crippen LogP contribution in [-0.4, -0.2) is 29.9 Å². The predicted octanol–water partition coefficient (Wildman–Crippen LogP) is 4.57. The Bertz CT molecular complexity index is 252. The van der Waals surface area contributed by atoms with E-state index in [4.69, 9.17) is 4.53 Å². The van der Waals surface area contributed by atoms with Gasteiger partial charge in [-0.25, -0.2) is 12.6 Å². The van der Waals surface area contributed by atoms with Gasteiger partial charge in [0.05, 0.1) is 0 Å². The zero-order valence-electron chi connectivity index (χ0n) is 12.6. The lowest BCUT2D eigenvalue weighted by Gasteiger charge is -2.45. The second-order valence-corrected chi connectivity index (χ2v) is 20.2. The predicted molar refractivity (Wildman–Crippen MR) is 77.3 cm³/mol. The summed E-state index contributed by atoms with van der Waals surface area (Å²) in [4.78, 5) is 0. The molecule has 0 aromatic rings. The van der Waals surface area contributed by atoms with Gasteiger partial charge in [0.15, 0.2) is 0 Å². The fourth-order valence-electron chi connectivity index (χ4n) is 1.53. The van der Waals surface area contributed by atoms with E-state index in [2.05, 4.69) is 39.3 Å². The van der Waals surface area contributed by atoms with Gasteiger partial charge >= 0.3 is 8.99 Å². The van der Waals surface area contributed by atoms with Gasteiger partial charge in [0.2, 0.25) is 0 Å². The number of halogens is 2. The molecule has 0 spiro atoms. The van der Waals surface area contributed by atoms with Crippen molar-refractivity contribution < 1.29 is 12.7 Å². The number of nitrogens with zero attached hydrogens (tertiary/aromatic N) is 1. The third-order valence-corrected chi connectivity index (χ3v) is 11.5. The van der Waals surface area contributed by atoms with Gasteiger partial charge in [-0.1, -0.05) is 60.1 Å². The minimum absolute atomic E-state index is 1.05. The molecule has 0 aliphatic heterocycles. The molecule has 0 heterocycles. The average molecular weight is 300 g/mol. The maximum Gasteiger partial charge on any atom is 0.599 e. The number of rotatable bonds is 4. The SMILES string of the molecule is CC(C)(C)[Si](F)(F)ON([Si](C)(C)C)[Si](C)(C)C. The van der Waals surface area contributed by atoms with E-state index in [9.17, 15) is 8.22 Å². The van der Waals surface area contributed by atoms with Crippen molar-refractivity contribution in [1.82, 2.24) is 4.39 Å². The van der Waals surface area contributed by atoms with Gasteiger partial charge in [-0.15, -0.1) is 0 Å². The van der Waals surface area contributed by atoms with Crippen molar-refractivity contribution in [2.24, 2.45) is 0 Å². The minimum atomic E-state index is -4.69. The molecule has 0 fully saturated rings. The monoisotopic (exact) mass is 299 g/mol. The Morgan fingerprint density at radius 3 is 1.29 bits per heavy atom. The van der Waals surface area contributed by atoms with Gasteiger partial charge in [-0.2, -0.15) is 0 Å². The average Bonchev–Trinajstić information content (AvgIpc) is 1.93. The van der Waals surface area contributed by atoms with Gasteiger partial charge in [0.1, 0.15) is 16.5 Å². The van der Waals surface area contributed by atoms with Gasteiger partial charge in [0.25, 0.3) is 0 Å². The highest BCUT2D eigenvalue weighted by Gasteiger charge is 2.56. The van der Waals surface area contributed by atoms with Crippen molar-refractivity contribution in [2.45, 2.75) is 65.1 Å². The van der Waals surface area contributed by atoms with E-state index in [-0.39, 0.29) is 0 Å². The lowest BCUT2D eigenvalue weighted by atomic mass is 10.3. The van der Waals surface area contributed by atoms with Crippen LogP contribution in [0, 0.1) is 0 Å². The molecule has 7 heteroatoms. The van der Waals surface area contributed by atoms with Gasteiger partial charge < -0.3 is 0 Å². The molecular weight excluding hydrogens is 272 g/mol. The second kappa shape index (κ2) is 4.84. The van der Waals surface area contributed by atoms with Crippen LogP contribution in [0.25, 0.3) is 0 Å². The van der Waals surface area contributed by atoms with Crippen LogP contribution >= 0.6 is 0 Å². The molecule has 104 valence electrons. The summed E-state index contributed by atoms with van der Waals surface area (Å²) in [5.41, 5.74) is 0. The van der Waals surface area contributed by atoms with E-state index in [1.165, 1.54) is 0 Å². The molecule has 0 amide bonds. The summed E-state index contributed by atoms with van der Waals surface area (Å²) in [5.74, 6) is 0. The molecule has 2 nitrogen and oxygen atoms in total. The molecule has 0 aromatic heterocycles. The summed E-state index contributed by atoms with van der Waals surface area (Å²) in [6.45, 7) is 17.0. The summed E-state index contributed by atoms with van der Waals surface area (Å²) in [5, 5.41) is -1.05. The van der Waals surface area contributed by atoms with Crippen LogP contribution in [0.2, 0.25) is 44.3 Å². The maximum absolute atomic E-state index is 14.2. The lowest BCUT2D eigenvalue weighted by Crippen LogP contribution is -2.63. The zero-order valence-corrected chi connectivity index (χ0v) is 15.6. The van der Waals surface area contributed by atoms with Crippen LogP contribution in [0.5, 0.6) is 0 Å². The second-order valence-electron chi connectivity index (χ2n) is 7.49. The summed E-state index contributed by atoms with van der Waals surface area (Å²) in [6.07, 6.45) is 0. The molecule has 0 radical (unpaired) electrons. The lowest BCUT2D eigenvalue weighted by molar-refractivity contribution is 0.0373. The molecule has 0 aliphatic rings. The van der Waals surface area contributed by atoms with Gasteiger partial charge in [-0.05, 0) is 0 Å². The Morgan fingerprint density at radius 1 is 0.824 bits per heavy atom. The molecule has 0 aliphatic carbocycles. The van der Waals surface area contributed by atoms with E-state index < -0.39 is 30.5 Å². The van der Waals surface area contributed by atoms with E-state index in [0.717, 1.165) is 0 Å². The Hall–Kier alpha value is 0.431. The smallest absolute Gasteiger partial charge is 0.294 e. The number of hydrogen-bond acceptors (Lipinski definition) is 2. The minimum Gasteiger partial charge on any atom is -0.294 e. The van der Waals surface area contributed by atoms with Crippen molar-refractivity contribution >= 4 is 25.5 Å². The first-order chi connectivity index (χ1) is 7.09. The quantitative estimate of drug-likeness (QED) is 0.428. The van der Waals surface area contributed by atoms with Crippen molar-refractivity contribution in [3.8, 4) is 0 Å². The highest BCUT2D eigenvalue weighted by Crippen LogP contribution is 2.41. The normalized spacial score (nSPS) is 15.5.